The first-order chi connectivity index (χ1) is 12.1. The van der Waals surface area contributed by atoms with E-state index < -0.39 is 0 Å². The summed E-state index contributed by atoms with van der Waals surface area (Å²) < 4.78 is 2.23. The zero-order valence-electron chi connectivity index (χ0n) is 16.1. The van der Waals surface area contributed by atoms with Crippen molar-refractivity contribution in [3.05, 3.63) is 11.6 Å². The van der Waals surface area contributed by atoms with Crippen molar-refractivity contribution in [3.63, 3.8) is 0 Å². The molecule has 2 aliphatic rings. The lowest BCUT2D eigenvalue weighted by molar-refractivity contribution is 0.234. The average molecular weight is 347 g/mol. The van der Waals surface area contributed by atoms with E-state index in [1.54, 1.807) is 0 Å². The minimum absolute atomic E-state index is 0.445. The molecule has 6 nitrogen and oxygen atoms in total. The number of hydrogen-bond donors (Lipinski definition) is 2. The van der Waals surface area contributed by atoms with E-state index in [2.05, 4.69) is 46.2 Å². The number of guanidine groups is 1. The van der Waals surface area contributed by atoms with Crippen molar-refractivity contribution < 1.29 is 0 Å². The zero-order chi connectivity index (χ0) is 17.7. The molecule has 140 valence electrons. The lowest BCUT2D eigenvalue weighted by atomic mass is 9.78. The second-order valence-electron chi connectivity index (χ2n) is 8.14. The normalized spacial score (nSPS) is 19.4. The maximum absolute atomic E-state index is 4.78. The van der Waals surface area contributed by atoms with E-state index in [9.17, 15) is 0 Å². The standard InChI is InChI=1S/C19H34N6/c1-4-20-18(21-13-17-24-23-16-8-7-11-25(16)17)22-14-19(12-15(2)3)9-5-6-10-19/h15H,4-14H2,1-3H3,(H2,20,21,22). The topological polar surface area (TPSA) is 67.1 Å². The van der Waals surface area contributed by atoms with E-state index in [0.717, 1.165) is 49.6 Å². The highest BCUT2D eigenvalue weighted by Crippen LogP contribution is 2.42. The van der Waals surface area contributed by atoms with Gasteiger partial charge in [0.15, 0.2) is 11.8 Å². The number of aryl methyl sites for hydroxylation is 1. The van der Waals surface area contributed by atoms with Gasteiger partial charge in [-0.1, -0.05) is 26.7 Å². The van der Waals surface area contributed by atoms with Crippen LogP contribution in [0.5, 0.6) is 0 Å². The number of hydrogen-bond acceptors (Lipinski definition) is 3. The van der Waals surface area contributed by atoms with Crippen molar-refractivity contribution >= 4 is 5.96 Å². The summed E-state index contributed by atoms with van der Waals surface area (Å²) in [6, 6.07) is 0. The number of fused-ring (bicyclic) bond motifs is 1. The van der Waals surface area contributed by atoms with E-state index in [-0.39, 0.29) is 0 Å². The fraction of sp³-hybridized carbons (Fsp3) is 0.842. The SMILES string of the molecule is CCNC(=NCc1nnc2n1CCC2)NCC1(CC(C)C)CCCC1. The van der Waals surface area contributed by atoms with Crippen molar-refractivity contribution in [1.29, 1.82) is 0 Å². The molecule has 25 heavy (non-hydrogen) atoms. The molecule has 1 aromatic rings. The third-order valence-electron chi connectivity index (χ3n) is 5.55. The van der Waals surface area contributed by atoms with Gasteiger partial charge in [0, 0.05) is 26.1 Å². The molecule has 0 atom stereocenters. The number of rotatable bonds is 7. The van der Waals surface area contributed by atoms with Crippen LogP contribution < -0.4 is 10.6 Å². The molecular weight excluding hydrogens is 312 g/mol. The maximum atomic E-state index is 4.78. The fourth-order valence-electron chi connectivity index (χ4n) is 4.53. The quantitative estimate of drug-likeness (QED) is 0.588. The molecule has 0 aromatic carbocycles. The van der Waals surface area contributed by atoms with Crippen molar-refractivity contribution in [2.75, 3.05) is 13.1 Å². The van der Waals surface area contributed by atoms with E-state index in [4.69, 9.17) is 4.99 Å². The largest absolute Gasteiger partial charge is 0.357 e. The van der Waals surface area contributed by atoms with Crippen LogP contribution in [-0.4, -0.2) is 33.8 Å². The molecular formula is C19H34N6. The van der Waals surface area contributed by atoms with Crippen molar-refractivity contribution in [3.8, 4) is 0 Å². The molecule has 0 bridgehead atoms. The number of aliphatic imine (C=N–C) groups is 1. The third kappa shape index (κ3) is 4.53. The van der Waals surface area contributed by atoms with E-state index >= 15 is 0 Å². The summed E-state index contributed by atoms with van der Waals surface area (Å²) in [5.41, 5.74) is 0.445. The molecule has 0 amide bonds. The molecule has 0 unspecified atom stereocenters. The Morgan fingerprint density at radius 2 is 2.00 bits per heavy atom. The van der Waals surface area contributed by atoms with E-state index in [1.165, 1.54) is 38.5 Å². The number of nitrogens with one attached hydrogen (secondary N) is 2. The van der Waals surface area contributed by atoms with Gasteiger partial charge in [-0.05, 0) is 43.9 Å². The van der Waals surface area contributed by atoms with Crippen LogP contribution in [-0.2, 0) is 19.5 Å². The Balaban J connectivity index is 1.62. The minimum atomic E-state index is 0.445. The monoisotopic (exact) mass is 346 g/mol. The van der Waals surface area contributed by atoms with Gasteiger partial charge in [0.1, 0.15) is 12.4 Å². The third-order valence-corrected chi connectivity index (χ3v) is 5.55. The molecule has 6 heteroatoms. The molecule has 1 aromatic heterocycles. The fourth-order valence-corrected chi connectivity index (χ4v) is 4.53. The minimum Gasteiger partial charge on any atom is -0.357 e. The predicted octanol–water partition coefficient (Wildman–Crippen LogP) is 2.89. The summed E-state index contributed by atoms with van der Waals surface area (Å²) in [6.07, 6.45) is 8.95. The maximum Gasteiger partial charge on any atom is 0.191 e. The predicted molar refractivity (Wildman–Crippen MR) is 102 cm³/mol. The molecule has 2 heterocycles. The van der Waals surface area contributed by atoms with Gasteiger partial charge in [0.25, 0.3) is 0 Å². The molecule has 2 N–H and O–H groups in total. The highest BCUT2D eigenvalue weighted by atomic mass is 15.3. The van der Waals surface area contributed by atoms with Gasteiger partial charge in [-0.2, -0.15) is 0 Å². The van der Waals surface area contributed by atoms with Crippen LogP contribution in [0.4, 0.5) is 0 Å². The Bertz CT molecular complexity index is 583. The first-order valence-electron chi connectivity index (χ1n) is 10.0. The number of nitrogens with zero attached hydrogens (tertiary/aromatic N) is 4. The summed E-state index contributed by atoms with van der Waals surface area (Å²) in [4.78, 5) is 4.78. The Morgan fingerprint density at radius 1 is 1.20 bits per heavy atom. The lowest BCUT2D eigenvalue weighted by Gasteiger charge is -2.32. The molecule has 1 fully saturated rings. The smallest absolute Gasteiger partial charge is 0.191 e. The van der Waals surface area contributed by atoms with Gasteiger partial charge in [-0.25, -0.2) is 4.99 Å². The van der Waals surface area contributed by atoms with Crippen LogP contribution in [0.3, 0.4) is 0 Å². The number of aromatic nitrogens is 3. The van der Waals surface area contributed by atoms with Crippen LogP contribution in [0.15, 0.2) is 4.99 Å². The summed E-state index contributed by atoms with van der Waals surface area (Å²) >= 11 is 0. The summed E-state index contributed by atoms with van der Waals surface area (Å²) in [5, 5.41) is 15.6. The summed E-state index contributed by atoms with van der Waals surface area (Å²) in [6.45, 7) is 10.3. The molecule has 0 radical (unpaired) electrons. The van der Waals surface area contributed by atoms with Gasteiger partial charge < -0.3 is 15.2 Å². The van der Waals surface area contributed by atoms with Crippen LogP contribution in [0.1, 0.15) is 70.9 Å². The van der Waals surface area contributed by atoms with Crippen molar-refractivity contribution in [2.45, 2.75) is 78.8 Å². The van der Waals surface area contributed by atoms with Crippen LogP contribution in [0.25, 0.3) is 0 Å². The Hall–Kier alpha value is -1.59. The van der Waals surface area contributed by atoms with Crippen molar-refractivity contribution in [1.82, 2.24) is 25.4 Å². The van der Waals surface area contributed by atoms with Gasteiger partial charge >= 0.3 is 0 Å². The van der Waals surface area contributed by atoms with E-state index in [1.807, 2.05) is 0 Å². The molecule has 0 spiro atoms. The van der Waals surface area contributed by atoms with Crippen molar-refractivity contribution in [2.24, 2.45) is 16.3 Å². The first kappa shape index (κ1) is 18.2. The Labute approximate surface area is 151 Å². The molecule has 1 aliphatic heterocycles. The highest BCUT2D eigenvalue weighted by molar-refractivity contribution is 5.79. The summed E-state index contributed by atoms with van der Waals surface area (Å²) in [7, 11) is 0. The zero-order valence-corrected chi connectivity index (χ0v) is 16.1. The first-order valence-corrected chi connectivity index (χ1v) is 10.0. The highest BCUT2D eigenvalue weighted by Gasteiger charge is 2.34. The van der Waals surface area contributed by atoms with E-state index in [0.29, 0.717) is 12.0 Å². The second kappa shape index (κ2) is 8.19. The average Bonchev–Trinajstić information content (AvgIpc) is 3.27. The van der Waals surface area contributed by atoms with Gasteiger partial charge in [0.2, 0.25) is 0 Å². The van der Waals surface area contributed by atoms with Crippen LogP contribution >= 0.6 is 0 Å². The molecule has 3 rings (SSSR count). The lowest BCUT2D eigenvalue weighted by Crippen LogP contribution is -2.43. The van der Waals surface area contributed by atoms with Gasteiger partial charge in [-0.3, -0.25) is 0 Å². The molecule has 1 saturated carbocycles. The van der Waals surface area contributed by atoms with Gasteiger partial charge in [-0.15, -0.1) is 10.2 Å². The van der Waals surface area contributed by atoms with Crippen LogP contribution in [0, 0.1) is 11.3 Å². The van der Waals surface area contributed by atoms with Crippen LogP contribution in [0.2, 0.25) is 0 Å². The Kier molecular flexibility index (Phi) is 5.97. The second-order valence-corrected chi connectivity index (χ2v) is 8.14. The summed E-state index contributed by atoms with van der Waals surface area (Å²) in [5.74, 6) is 3.76. The van der Waals surface area contributed by atoms with Gasteiger partial charge in [0.05, 0.1) is 0 Å². The molecule has 1 aliphatic carbocycles. The molecule has 0 saturated heterocycles. The Morgan fingerprint density at radius 3 is 2.72 bits per heavy atom.